The number of carbonyl (C=O) groups excluding carboxylic acids is 1. The maximum Gasteiger partial charge on any atom is 0.317 e. The van der Waals surface area contributed by atoms with Crippen molar-refractivity contribution in [3.63, 3.8) is 0 Å². The van der Waals surface area contributed by atoms with Crippen molar-refractivity contribution >= 4 is 6.03 Å². The predicted molar refractivity (Wildman–Crippen MR) is 50.5 cm³/mol. The Balaban J connectivity index is 2.23. The van der Waals surface area contributed by atoms with Crippen LogP contribution >= 0.6 is 0 Å². The van der Waals surface area contributed by atoms with Gasteiger partial charge in [0.2, 0.25) is 0 Å². The van der Waals surface area contributed by atoms with Gasteiger partial charge in [-0.1, -0.05) is 0 Å². The number of hydrogen-bond donors (Lipinski definition) is 2. The number of likely N-dealkylation sites (tertiary alicyclic amines) is 1. The van der Waals surface area contributed by atoms with E-state index in [1.807, 2.05) is 11.8 Å². The van der Waals surface area contributed by atoms with Crippen LogP contribution in [0.25, 0.3) is 0 Å². The summed E-state index contributed by atoms with van der Waals surface area (Å²) in [5, 5.41) is 11.5. The summed E-state index contributed by atoms with van der Waals surface area (Å²) in [7, 11) is 0. The lowest BCUT2D eigenvalue weighted by Crippen LogP contribution is -2.42. The SMILES string of the molecule is CC(CCO)NC(=O)N1CCCC1. The van der Waals surface area contributed by atoms with Gasteiger partial charge in [0, 0.05) is 25.7 Å². The highest BCUT2D eigenvalue weighted by atomic mass is 16.3. The summed E-state index contributed by atoms with van der Waals surface area (Å²) in [5.74, 6) is 0. The molecule has 2 amide bonds. The van der Waals surface area contributed by atoms with Crippen LogP contribution in [0.2, 0.25) is 0 Å². The molecule has 4 nitrogen and oxygen atoms in total. The molecule has 0 aliphatic carbocycles. The Morgan fingerprint density at radius 1 is 1.54 bits per heavy atom. The van der Waals surface area contributed by atoms with Crippen LogP contribution in [-0.2, 0) is 0 Å². The summed E-state index contributed by atoms with van der Waals surface area (Å²) >= 11 is 0. The van der Waals surface area contributed by atoms with E-state index in [-0.39, 0.29) is 18.7 Å². The highest BCUT2D eigenvalue weighted by Gasteiger charge is 2.18. The number of hydrogen-bond acceptors (Lipinski definition) is 2. The van der Waals surface area contributed by atoms with Gasteiger partial charge in [-0.3, -0.25) is 0 Å². The third-order valence-electron chi connectivity index (χ3n) is 2.33. The summed E-state index contributed by atoms with van der Waals surface area (Å²) in [6.07, 6.45) is 2.85. The minimum atomic E-state index is 0.0125. The van der Waals surface area contributed by atoms with Crippen molar-refractivity contribution in [1.29, 1.82) is 0 Å². The van der Waals surface area contributed by atoms with Gasteiger partial charge in [0.05, 0.1) is 0 Å². The fourth-order valence-corrected chi connectivity index (χ4v) is 1.49. The van der Waals surface area contributed by atoms with E-state index in [0.717, 1.165) is 25.9 Å². The molecule has 1 fully saturated rings. The summed E-state index contributed by atoms with van der Waals surface area (Å²) in [6.45, 7) is 3.78. The Hall–Kier alpha value is -0.770. The van der Waals surface area contributed by atoms with Crippen molar-refractivity contribution in [3.8, 4) is 0 Å². The monoisotopic (exact) mass is 186 g/mol. The van der Waals surface area contributed by atoms with E-state index in [1.54, 1.807) is 0 Å². The zero-order valence-corrected chi connectivity index (χ0v) is 8.12. The highest BCUT2D eigenvalue weighted by Crippen LogP contribution is 2.07. The molecule has 0 bridgehead atoms. The molecule has 1 saturated heterocycles. The van der Waals surface area contributed by atoms with Crippen molar-refractivity contribution in [3.05, 3.63) is 0 Å². The normalized spacial score (nSPS) is 18.8. The van der Waals surface area contributed by atoms with Gasteiger partial charge in [-0.15, -0.1) is 0 Å². The van der Waals surface area contributed by atoms with Gasteiger partial charge in [0.1, 0.15) is 0 Å². The number of aliphatic hydroxyl groups excluding tert-OH is 1. The molecule has 0 saturated carbocycles. The fraction of sp³-hybridized carbons (Fsp3) is 0.889. The predicted octanol–water partition coefficient (Wildman–Crippen LogP) is 0.563. The van der Waals surface area contributed by atoms with Crippen LogP contribution in [0.3, 0.4) is 0 Å². The molecule has 76 valence electrons. The Morgan fingerprint density at radius 3 is 2.69 bits per heavy atom. The smallest absolute Gasteiger partial charge is 0.317 e. The number of amides is 2. The molecule has 0 radical (unpaired) electrons. The van der Waals surface area contributed by atoms with Gasteiger partial charge in [-0.25, -0.2) is 4.79 Å². The van der Waals surface area contributed by atoms with Crippen molar-refractivity contribution in [1.82, 2.24) is 10.2 Å². The maximum absolute atomic E-state index is 11.5. The zero-order valence-electron chi connectivity index (χ0n) is 8.12. The number of nitrogens with one attached hydrogen (secondary N) is 1. The molecule has 1 heterocycles. The number of aliphatic hydroxyl groups is 1. The van der Waals surface area contributed by atoms with Gasteiger partial charge >= 0.3 is 6.03 Å². The van der Waals surface area contributed by atoms with Crippen LogP contribution in [0, 0.1) is 0 Å². The summed E-state index contributed by atoms with van der Waals surface area (Å²) in [6, 6.07) is 0.0801. The number of nitrogens with zero attached hydrogens (tertiary/aromatic N) is 1. The Bertz CT molecular complexity index is 167. The molecular weight excluding hydrogens is 168 g/mol. The second kappa shape index (κ2) is 5.07. The molecule has 1 rings (SSSR count). The van der Waals surface area contributed by atoms with E-state index in [2.05, 4.69) is 5.32 Å². The van der Waals surface area contributed by atoms with E-state index in [9.17, 15) is 4.79 Å². The van der Waals surface area contributed by atoms with Crippen molar-refractivity contribution in [2.45, 2.75) is 32.2 Å². The van der Waals surface area contributed by atoms with Crippen LogP contribution in [0.5, 0.6) is 0 Å². The van der Waals surface area contributed by atoms with E-state index >= 15 is 0 Å². The van der Waals surface area contributed by atoms with Crippen LogP contribution in [0.4, 0.5) is 4.79 Å². The van der Waals surface area contributed by atoms with Gasteiger partial charge in [0.15, 0.2) is 0 Å². The number of carbonyl (C=O) groups is 1. The Morgan fingerprint density at radius 2 is 2.15 bits per heavy atom. The summed E-state index contributed by atoms with van der Waals surface area (Å²) in [4.78, 5) is 13.3. The average Bonchev–Trinajstić information content (AvgIpc) is 2.55. The Kier molecular flexibility index (Phi) is 4.02. The van der Waals surface area contributed by atoms with Crippen molar-refractivity contribution < 1.29 is 9.90 Å². The molecule has 1 unspecified atom stereocenters. The molecule has 1 atom stereocenters. The number of urea groups is 1. The van der Waals surface area contributed by atoms with Gasteiger partial charge in [-0.05, 0) is 26.2 Å². The lowest BCUT2D eigenvalue weighted by atomic mass is 10.2. The summed E-state index contributed by atoms with van der Waals surface area (Å²) < 4.78 is 0. The molecule has 1 aliphatic rings. The second-order valence-electron chi connectivity index (χ2n) is 3.56. The van der Waals surface area contributed by atoms with Gasteiger partial charge in [0.25, 0.3) is 0 Å². The minimum absolute atomic E-state index is 0.0125. The third-order valence-corrected chi connectivity index (χ3v) is 2.33. The van der Waals surface area contributed by atoms with Crippen LogP contribution in [0.1, 0.15) is 26.2 Å². The first kappa shape index (κ1) is 10.3. The van der Waals surface area contributed by atoms with Crippen molar-refractivity contribution in [2.24, 2.45) is 0 Å². The molecule has 1 aliphatic heterocycles. The summed E-state index contributed by atoms with van der Waals surface area (Å²) in [5.41, 5.74) is 0. The van der Waals surface area contributed by atoms with Crippen LogP contribution in [0.15, 0.2) is 0 Å². The molecular formula is C9H18N2O2. The standard InChI is InChI=1S/C9H18N2O2/c1-8(4-7-12)10-9(13)11-5-2-3-6-11/h8,12H,2-7H2,1H3,(H,10,13). The molecule has 13 heavy (non-hydrogen) atoms. The first-order valence-electron chi connectivity index (χ1n) is 4.90. The molecule has 0 spiro atoms. The largest absolute Gasteiger partial charge is 0.396 e. The molecule has 0 aromatic rings. The first-order chi connectivity index (χ1) is 6.24. The molecule has 0 aromatic heterocycles. The van der Waals surface area contributed by atoms with E-state index in [1.165, 1.54) is 0 Å². The quantitative estimate of drug-likeness (QED) is 0.676. The third kappa shape index (κ3) is 3.22. The van der Waals surface area contributed by atoms with E-state index in [4.69, 9.17) is 5.11 Å². The topological polar surface area (TPSA) is 52.6 Å². The van der Waals surface area contributed by atoms with Gasteiger partial charge in [-0.2, -0.15) is 0 Å². The first-order valence-corrected chi connectivity index (χ1v) is 4.90. The molecule has 4 heteroatoms. The highest BCUT2D eigenvalue weighted by molar-refractivity contribution is 5.74. The zero-order chi connectivity index (χ0) is 9.68. The van der Waals surface area contributed by atoms with Gasteiger partial charge < -0.3 is 15.3 Å². The minimum Gasteiger partial charge on any atom is -0.396 e. The van der Waals surface area contributed by atoms with Crippen LogP contribution in [-0.4, -0.2) is 41.8 Å². The Labute approximate surface area is 78.9 Å². The average molecular weight is 186 g/mol. The maximum atomic E-state index is 11.5. The lowest BCUT2D eigenvalue weighted by Gasteiger charge is -2.19. The molecule has 0 aromatic carbocycles. The number of rotatable bonds is 3. The van der Waals surface area contributed by atoms with Crippen molar-refractivity contribution in [2.75, 3.05) is 19.7 Å². The lowest BCUT2D eigenvalue weighted by molar-refractivity contribution is 0.201. The van der Waals surface area contributed by atoms with E-state index < -0.39 is 0 Å². The molecule has 2 N–H and O–H groups in total. The van der Waals surface area contributed by atoms with E-state index in [0.29, 0.717) is 6.42 Å². The van der Waals surface area contributed by atoms with Crippen LogP contribution < -0.4 is 5.32 Å². The fourth-order valence-electron chi connectivity index (χ4n) is 1.49. The second-order valence-corrected chi connectivity index (χ2v) is 3.56.